The monoisotopic (exact) mass is 306 g/mol. The molecular weight excluding hydrogens is 276 g/mol. The molecule has 6 nitrogen and oxygen atoms in total. The van der Waals surface area contributed by atoms with E-state index in [0.29, 0.717) is 46.2 Å². The van der Waals surface area contributed by atoms with Crippen LogP contribution in [0.2, 0.25) is 0 Å². The zero-order valence-corrected chi connectivity index (χ0v) is 13.4. The van der Waals surface area contributed by atoms with E-state index in [0.717, 1.165) is 19.3 Å². The highest BCUT2D eigenvalue weighted by molar-refractivity contribution is 5.59. The number of hydrogen-bond acceptors (Lipinski definition) is 6. The van der Waals surface area contributed by atoms with Crippen molar-refractivity contribution in [3.8, 4) is 0 Å². The molecule has 0 atom stereocenters. The second-order valence-corrected chi connectivity index (χ2v) is 4.43. The second-order valence-electron chi connectivity index (χ2n) is 4.43. The summed E-state index contributed by atoms with van der Waals surface area (Å²) in [7, 11) is 0. The average Bonchev–Trinajstić information content (AvgIpc) is 2.49. The zero-order chi connectivity index (χ0) is 15.6. The van der Waals surface area contributed by atoms with Gasteiger partial charge in [0, 0.05) is 6.61 Å². The molecule has 126 valence electrons. The van der Waals surface area contributed by atoms with Gasteiger partial charge in [0.25, 0.3) is 0 Å². The van der Waals surface area contributed by atoms with Gasteiger partial charge in [-0.3, -0.25) is 0 Å². The van der Waals surface area contributed by atoms with Crippen molar-refractivity contribution in [3.63, 3.8) is 0 Å². The Kier molecular flexibility index (Phi) is 16.5. The number of hydrogen-bond donors (Lipinski definition) is 0. The summed E-state index contributed by atoms with van der Waals surface area (Å²) in [6.07, 6.45) is 3.67. The van der Waals surface area contributed by atoms with Gasteiger partial charge in [-0.25, -0.2) is 4.79 Å². The van der Waals surface area contributed by atoms with E-state index in [1.807, 2.05) is 6.92 Å². The Hall–Kier alpha value is -0.850. The van der Waals surface area contributed by atoms with E-state index in [4.69, 9.17) is 23.7 Å². The summed E-state index contributed by atoms with van der Waals surface area (Å²) in [5, 5.41) is 0. The number of unbranched alkanes of at least 4 members (excludes halogenated alkanes) is 3. The first-order valence-corrected chi connectivity index (χ1v) is 7.84. The molecule has 0 unspecified atom stereocenters. The first-order valence-electron chi connectivity index (χ1n) is 7.84. The van der Waals surface area contributed by atoms with Crippen LogP contribution >= 0.6 is 0 Å². The van der Waals surface area contributed by atoms with Crippen molar-refractivity contribution in [2.45, 2.75) is 39.5 Å². The summed E-state index contributed by atoms with van der Waals surface area (Å²) in [6, 6.07) is 0. The highest BCUT2D eigenvalue weighted by atomic mass is 16.7. The summed E-state index contributed by atoms with van der Waals surface area (Å²) in [5.41, 5.74) is 0. The highest BCUT2D eigenvalue weighted by Gasteiger charge is 2.02. The lowest BCUT2D eigenvalue weighted by atomic mass is 10.2. The summed E-state index contributed by atoms with van der Waals surface area (Å²) < 4.78 is 25.4. The van der Waals surface area contributed by atoms with Gasteiger partial charge in [-0.1, -0.05) is 26.2 Å². The van der Waals surface area contributed by atoms with Crippen LogP contribution in [-0.2, 0) is 23.7 Å². The van der Waals surface area contributed by atoms with Crippen LogP contribution in [0.25, 0.3) is 0 Å². The molecule has 0 fully saturated rings. The predicted octanol–water partition coefficient (Wildman–Crippen LogP) is 2.79. The van der Waals surface area contributed by atoms with Gasteiger partial charge in [-0.05, 0) is 13.3 Å². The molecule has 0 spiro atoms. The van der Waals surface area contributed by atoms with Crippen molar-refractivity contribution in [3.05, 3.63) is 0 Å². The Morgan fingerprint density at radius 1 is 0.667 bits per heavy atom. The molecule has 0 aliphatic carbocycles. The van der Waals surface area contributed by atoms with Crippen LogP contribution in [0.1, 0.15) is 39.5 Å². The third-order valence-electron chi connectivity index (χ3n) is 2.61. The van der Waals surface area contributed by atoms with Gasteiger partial charge in [0.1, 0.15) is 6.61 Å². The quantitative estimate of drug-likeness (QED) is 0.342. The number of ether oxygens (including phenoxy) is 5. The van der Waals surface area contributed by atoms with Crippen molar-refractivity contribution >= 4 is 6.16 Å². The summed E-state index contributed by atoms with van der Waals surface area (Å²) >= 11 is 0. The third kappa shape index (κ3) is 17.1. The maximum absolute atomic E-state index is 11.2. The highest BCUT2D eigenvalue weighted by Crippen LogP contribution is 1.99. The van der Waals surface area contributed by atoms with Gasteiger partial charge >= 0.3 is 6.16 Å². The fourth-order valence-electron chi connectivity index (χ4n) is 1.49. The molecule has 0 N–H and O–H groups in total. The van der Waals surface area contributed by atoms with Crippen molar-refractivity contribution in [2.24, 2.45) is 0 Å². The van der Waals surface area contributed by atoms with Crippen molar-refractivity contribution in [1.29, 1.82) is 0 Å². The van der Waals surface area contributed by atoms with E-state index >= 15 is 0 Å². The molecule has 0 rings (SSSR count). The maximum Gasteiger partial charge on any atom is 0.508 e. The molecule has 0 aliphatic rings. The average molecular weight is 306 g/mol. The Morgan fingerprint density at radius 2 is 1.24 bits per heavy atom. The summed E-state index contributed by atoms with van der Waals surface area (Å²) in [4.78, 5) is 11.2. The Balaban J connectivity index is 3.11. The Bertz CT molecular complexity index is 222. The smallest absolute Gasteiger partial charge is 0.434 e. The van der Waals surface area contributed by atoms with Gasteiger partial charge < -0.3 is 23.7 Å². The minimum absolute atomic E-state index is 0.201. The molecule has 0 aromatic carbocycles. The standard InChI is InChI=1S/C15H30O6/c1-3-5-6-7-8-20-15(16)21-14-13-19-12-11-18-10-9-17-4-2/h3-14H2,1-2H3. The zero-order valence-electron chi connectivity index (χ0n) is 13.4. The fraction of sp³-hybridized carbons (Fsp3) is 0.933. The van der Waals surface area contributed by atoms with Crippen LogP contribution in [0.4, 0.5) is 4.79 Å². The van der Waals surface area contributed by atoms with Crippen LogP contribution < -0.4 is 0 Å². The molecule has 0 heterocycles. The van der Waals surface area contributed by atoms with Crippen molar-refractivity contribution in [1.82, 2.24) is 0 Å². The molecule has 0 bridgehead atoms. The summed E-state index contributed by atoms with van der Waals surface area (Å²) in [5.74, 6) is 0. The van der Waals surface area contributed by atoms with Gasteiger partial charge in [0.05, 0.1) is 39.6 Å². The van der Waals surface area contributed by atoms with E-state index < -0.39 is 6.16 Å². The minimum Gasteiger partial charge on any atom is -0.434 e. The largest absolute Gasteiger partial charge is 0.508 e. The van der Waals surface area contributed by atoms with Gasteiger partial charge in [0.2, 0.25) is 0 Å². The van der Waals surface area contributed by atoms with Gasteiger partial charge in [-0.15, -0.1) is 0 Å². The molecule has 0 amide bonds. The lowest BCUT2D eigenvalue weighted by Crippen LogP contribution is -2.15. The van der Waals surface area contributed by atoms with E-state index in [-0.39, 0.29) is 6.61 Å². The van der Waals surface area contributed by atoms with Gasteiger partial charge in [-0.2, -0.15) is 0 Å². The maximum atomic E-state index is 11.2. The minimum atomic E-state index is -0.622. The lowest BCUT2D eigenvalue weighted by molar-refractivity contribution is -0.00233. The van der Waals surface area contributed by atoms with E-state index in [1.54, 1.807) is 0 Å². The van der Waals surface area contributed by atoms with E-state index in [1.165, 1.54) is 6.42 Å². The topological polar surface area (TPSA) is 63.2 Å². The molecule has 0 aromatic rings. The molecule has 0 aliphatic heterocycles. The number of rotatable bonds is 15. The molecule has 6 heteroatoms. The first-order chi connectivity index (χ1) is 10.3. The normalized spacial score (nSPS) is 10.6. The summed E-state index contributed by atoms with van der Waals surface area (Å²) in [6.45, 7) is 7.91. The predicted molar refractivity (Wildman–Crippen MR) is 79.6 cm³/mol. The molecular formula is C15H30O6. The molecule has 0 aromatic heterocycles. The van der Waals surface area contributed by atoms with E-state index in [2.05, 4.69) is 6.92 Å². The third-order valence-corrected chi connectivity index (χ3v) is 2.61. The Labute approximate surface area is 128 Å². The van der Waals surface area contributed by atoms with Crippen LogP contribution in [0.5, 0.6) is 0 Å². The molecule has 0 saturated heterocycles. The van der Waals surface area contributed by atoms with Crippen molar-refractivity contribution < 1.29 is 28.5 Å². The lowest BCUT2D eigenvalue weighted by Gasteiger charge is -2.07. The van der Waals surface area contributed by atoms with Crippen LogP contribution in [0, 0.1) is 0 Å². The first kappa shape index (κ1) is 20.1. The fourth-order valence-corrected chi connectivity index (χ4v) is 1.49. The van der Waals surface area contributed by atoms with Crippen LogP contribution in [0.15, 0.2) is 0 Å². The second kappa shape index (κ2) is 17.2. The number of carbonyl (C=O) groups excluding carboxylic acids is 1. The van der Waals surface area contributed by atoms with Crippen molar-refractivity contribution in [2.75, 3.05) is 52.9 Å². The van der Waals surface area contributed by atoms with E-state index in [9.17, 15) is 4.79 Å². The molecule has 21 heavy (non-hydrogen) atoms. The van der Waals surface area contributed by atoms with Crippen LogP contribution in [0.3, 0.4) is 0 Å². The Morgan fingerprint density at radius 3 is 1.86 bits per heavy atom. The molecule has 0 saturated carbocycles. The van der Waals surface area contributed by atoms with Crippen LogP contribution in [-0.4, -0.2) is 59.0 Å². The van der Waals surface area contributed by atoms with Gasteiger partial charge in [0.15, 0.2) is 0 Å². The number of carbonyl (C=O) groups is 1. The molecule has 0 radical (unpaired) electrons. The SMILES string of the molecule is CCCCCCOC(=O)OCCOCCOCCOCC.